The molecule has 2 aliphatic rings. The molecule has 1 amide bonds. The van der Waals surface area contributed by atoms with Crippen LogP contribution in [0.3, 0.4) is 0 Å². The van der Waals surface area contributed by atoms with E-state index < -0.39 is 0 Å². The highest BCUT2D eigenvalue weighted by Crippen LogP contribution is 2.21. The molecule has 142 valence electrons. The van der Waals surface area contributed by atoms with Crippen molar-refractivity contribution >= 4 is 48.2 Å². The number of hydrogen-bond acceptors (Lipinski definition) is 5. The Bertz CT molecular complexity index is 524. The summed E-state index contributed by atoms with van der Waals surface area (Å²) in [5.41, 5.74) is 2.39. The van der Waals surface area contributed by atoms with E-state index in [1.807, 2.05) is 17.8 Å². The zero-order chi connectivity index (χ0) is 15.9. The van der Waals surface area contributed by atoms with Crippen LogP contribution in [0.15, 0.2) is 24.3 Å². The number of anilines is 1. The van der Waals surface area contributed by atoms with Gasteiger partial charge in [0, 0.05) is 55.8 Å². The van der Waals surface area contributed by atoms with Crippen molar-refractivity contribution in [3.8, 4) is 0 Å². The molecule has 2 heterocycles. The van der Waals surface area contributed by atoms with Crippen molar-refractivity contribution in [3.63, 3.8) is 0 Å². The molecule has 1 atom stereocenters. The third-order valence-electron chi connectivity index (χ3n) is 4.25. The molecule has 0 aliphatic carbocycles. The summed E-state index contributed by atoms with van der Waals surface area (Å²) in [4.78, 5) is 14.5. The van der Waals surface area contributed by atoms with Gasteiger partial charge in [-0.25, -0.2) is 0 Å². The number of thioether (sulfide) groups is 1. The van der Waals surface area contributed by atoms with E-state index in [9.17, 15) is 4.79 Å². The van der Waals surface area contributed by atoms with Crippen LogP contribution in [0.25, 0.3) is 0 Å². The Balaban J connectivity index is 0.00000156. The first-order valence-corrected chi connectivity index (χ1v) is 9.47. The van der Waals surface area contributed by atoms with E-state index in [-0.39, 0.29) is 30.7 Å². The van der Waals surface area contributed by atoms with Crippen LogP contribution in [0, 0.1) is 0 Å². The van der Waals surface area contributed by atoms with E-state index in [2.05, 4.69) is 33.7 Å². The van der Waals surface area contributed by atoms with Gasteiger partial charge in [0.1, 0.15) is 0 Å². The average Bonchev–Trinajstić information content (AvgIpc) is 2.62. The molecule has 8 heteroatoms. The Hall–Kier alpha value is -0.660. The van der Waals surface area contributed by atoms with Crippen molar-refractivity contribution in [2.45, 2.75) is 19.0 Å². The second-order valence-corrected chi connectivity index (χ2v) is 7.08. The highest BCUT2D eigenvalue weighted by atomic mass is 35.5. The lowest BCUT2D eigenvalue weighted by atomic mass is 10.1. The number of para-hydroxylation sites is 1. The standard InChI is InChI=1S/C17H25N3O2S.2ClH/c21-17(11-15-13-23-10-5-18-15)19-12-14-3-1-2-4-16(14)20-6-8-22-9-7-20;;/h1-4,15,18H,5-13H2,(H,19,21);2*1H. The minimum Gasteiger partial charge on any atom is -0.378 e. The molecule has 0 spiro atoms. The molecular weight excluding hydrogens is 381 g/mol. The van der Waals surface area contributed by atoms with E-state index in [1.54, 1.807) is 0 Å². The number of rotatable bonds is 5. The van der Waals surface area contributed by atoms with Gasteiger partial charge in [0.05, 0.1) is 13.2 Å². The number of carbonyl (C=O) groups excluding carboxylic acids is 1. The van der Waals surface area contributed by atoms with Crippen LogP contribution >= 0.6 is 36.6 Å². The summed E-state index contributed by atoms with van der Waals surface area (Å²) in [6.07, 6.45) is 0.562. The molecule has 1 unspecified atom stereocenters. The minimum atomic E-state index is 0. The smallest absolute Gasteiger partial charge is 0.221 e. The van der Waals surface area contributed by atoms with Crippen molar-refractivity contribution in [2.75, 3.05) is 49.3 Å². The van der Waals surface area contributed by atoms with E-state index in [0.29, 0.717) is 19.0 Å². The summed E-state index contributed by atoms with van der Waals surface area (Å²) in [7, 11) is 0. The number of halogens is 2. The molecule has 2 fully saturated rings. The lowest BCUT2D eigenvalue weighted by Crippen LogP contribution is -2.41. The third-order valence-corrected chi connectivity index (χ3v) is 5.38. The molecule has 3 rings (SSSR count). The first-order valence-electron chi connectivity index (χ1n) is 8.31. The van der Waals surface area contributed by atoms with Crippen molar-refractivity contribution in [1.82, 2.24) is 10.6 Å². The molecule has 0 bridgehead atoms. The number of amides is 1. The average molecular weight is 408 g/mol. The van der Waals surface area contributed by atoms with Crippen LogP contribution in [0.4, 0.5) is 5.69 Å². The Kier molecular flexibility index (Phi) is 10.6. The molecule has 2 N–H and O–H groups in total. The normalized spacial score (nSPS) is 20.2. The number of hydrogen-bond donors (Lipinski definition) is 2. The van der Waals surface area contributed by atoms with E-state index in [1.165, 1.54) is 11.3 Å². The van der Waals surface area contributed by atoms with Crippen LogP contribution in [0.2, 0.25) is 0 Å². The summed E-state index contributed by atoms with van der Waals surface area (Å²) in [6, 6.07) is 8.62. The highest BCUT2D eigenvalue weighted by Gasteiger charge is 2.18. The minimum absolute atomic E-state index is 0. The van der Waals surface area contributed by atoms with Gasteiger partial charge in [0.25, 0.3) is 0 Å². The first-order chi connectivity index (χ1) is 11.3. The van der Waals surface area contributed by atoms with Gasteiger partial charge in [-0.1, -0.05) is 18.2 Å². The zero-order valence-electron chi connectivity index (χ0n) is 14.2. The lowest BCUT2D eigenvalue weighted by molar-refractivity contribution is -0.121. The quantitative estimate of drug-likeness (QED) is 0.782. The number of carbonyl (C=O) groups is 1. The second-order valence-electron chi connectivity index (χ2n) is 5.93. The topological polar surface area (TPSA) is 53.6 Å². The summed E-state index contributed by atoms with van der Waals surface area (Å²) in [6.45, 7) is 4.95. The Morgan fingerprint density at radius 1 is 1.28 bits per heavy atom. The SMILES string of the molecule is Cl.Cl.O=C(CC1CSCCN1)NCc1ccccc1N1CCOCC1. The van der Waals surface area contributed by atoms with E-state index >= 15 is 0 Å². The predicted molar refractivity (Wildman–Crippen MR) is 110 cm³/mol. The van der Waals surface area contributed by atoms with Gasteiger partial charge < -0.3 is 20.3 Å². The van der Waals surface area contributed by atoms with Crippen LogP contribution < -0.4 is 15.5 Å². The molecule has 1 aromatic rings. The third kappa shape index (κ3) is 6.87. The Morgan fingerprint density at radius 2 is 2.04 bits per heavy atom. The molecule has 2 aliphatic heterocycles. The maximum Gasteiger partial charge on any atom is 0.221 e. The first kappa shape index (κ1) is 22.4. The molecule has 5 nitrogen and oxygen atoms in total. The molecular formula is C17H27Cl2N3O2S. The summed E-state index contributed by atoms with van der Waals surface area (Å²) < 4.78 is 5.42. The van der Waals surface area contributed by atoms with Crippen LogP contribution in [-0.4, -0.2) is 56.3 Å². The van der Waals surface area contributed by atoms with E-state index in [4.69, 9.17) is 4.74 Å². The van der Waals surface area contributed by atoms with Gasteiger partial charge in [-0.15, -0.1) is 24.8 Å². The fourth-order valence-corrected chi connectivity index (χ4v) is 3.96. The van der Waals surface area contributed by atoms with Crippen LogP contribution in [0.5, 0.6) is 0 Å². The Morgan fingerprint density at radius 3 is 2.76 bits per heavy atom. The van der Waals surface area contributed by atoms with Gasteiger partial charge in [0.15, 0.2) is 0 Å². The Labute approximate surface area is 166 Å². The molecule has 2 saturated heterocycles. The lowest BCUT2D eigenvalue weighted by Gasteiger charge is -2.30. The fraction of sp³-hybridized carbons (Fsp3) is 0.588. The molecule has 0 radical (unpaired) electrons. The molecule has 1 aromatic carbocycles. The van der Waals surface area contributed by atoms with Gasteiger partial charge in [-0.3, -0.25) is 4.79 Å². The number of nitrogens with one attached hydrogen (secondary N) is 2. The van der Waals surface area contributed by atoms with Gasteiger partial charge >= 0.3 is 0 Å². The zero-order valence-corrected chi connectivity index (χ0v) is 16.7. The highest BCUT2D eigenvalue weighted by molar-refractivity contribution is 7.99. The number of morpholine rings is 1. The van der Waals surface area contributed by atoms with Crippen molar-refractivity contribution in [1.29, 1.82) is 0 Å². The summed E-state index contributed by atoms with van der Waals surface area (Å²) in [5, 5.41) is 6.49. The molecule has 0 aromatic heterocycles. The monoisotopic (exact) mass is 407 g/mol. The predicted octanol–water partition coefficient (Wildman–Crippen LogP) is 2.08. The maximum atomic E-state index is 12.2. The van der Waals surface area contributed by atoms with Gasteiger partial charge in [-0.2, -0.15) is 11.8 Å². The maximum absolute atomic E-state index is 12.2. The van der Waals surface area contributed by atoms with Gasteiger partial charge in [0.2, 0.25) is 5.91 Å². The van der Waals surface area contributed by atoms with E-state index in [0.717, 1.165) is 44.4 Å². The van der Waals surface area contributed by atoms with Crippen LogP contribution in [0.1, 0.15) is 12.0 Å². The molecule has 0 saturated carbocycles. The van der Waals surface area contributed by atoms with Crippen molar-refractivity contribution in [3.05, 3.63) is 29.8 Å². The fourth-order valence-electron chi connectivity index (χ4n) is 3.01. The largest absolute Gasteiger partial charge is 0.378 e. The molecule has 25 heavy (non-hydrogen) atoms. The second kappa shape index (κ2) is 11.9. The van der Waals surface area contributed by atoms with Crippen LogP contribution in [-0.2, 0) is 16.1 Å². The van der Waals surface area contributed by atoms with Gasteiger partial charge in [-0.05, 0) is 11.6 Å². The van der Waals surface area contributed by atoms with Crippen molar-refractivity contribution < 1.29 is 9.53 Å². The number of ether oxygens (including phenoxy) is 1. The van der Waals surface area contributed by atoms with Crippen molar-refractivity contribution in [2.24, 2.45) is 0 Å². The summed E-state index contributed by atoms with van der Waals surface area (Å²) >= 11 is 1.92. The summed E-state index contributed by atoms with van der Waals surface area (Å²) in [5.74, 6) is 2.30. The number of nitrogens with zero attached hydrogens (tertiary/aromatic N) is 1. The number of benzene rings is 1.